The Morgan fingerprint density at radius 3 is 2.50 bits per heavy atom. The highest BCUT2D eigenvalue weighted by Crippen LogP contribution is 2.19. The molecule has 0 radical (unpaired) electrons. The molecule has 20 heavy (non-hydrogen) atoms. The van der Waals surface area contributed by atoms with Gasteiger partial charge in [0.2, 0.25) is 5.91 Å². The molecule has 0 aromatic heterocycles. The van der Waals surface area contributed by atoms with Crippen molar-refractivity contribution in [3.63, 3.8) is 0 Å². The number of amides is 1. The molecule has 1 aromatic rings. The van der Waals surface area contributed by atoms with Gasteiger partial charge < -0.3 is 20.9 Å². The van der Waals surface area contributed by atoms with Crippen LogP contribution in [0.2, 0.25) is 0 Å². The summed E-state index contributed by atoms with van der Waals surface area (Å²) in [5.74, 6) is -1.26. The standard InChI is InChI=1S/C14H21N3O3/c1-2-8-17(9-10-18)14(19)12(13(15)16-20)11-6-4-3-5-7-11/h3-7,12,18,20H,2,8-10H2,1H3,(H2,15,16). The quantitative estimate of drug-likeness (QED) is 0.297. The van der Waals surface area contributed by atoms with E-state index in [9.17, 15) is 4.79 Å². The van der Waals surface area contributed by atoms with Crippen molar-refractivity contribution in [2.24, 2.45) is 10.9 Å². The van der Waals surface area contributed by atoms with Crippen molar-refractivity contribution < 1.29 is 15.1 Å². The van der Waals surface area contributed by atoms with Gasteiger partial charge >= 0.3 is 0 Å². The first-order valence-corrected chi connectivity index (χ1v) is 6.57. The number of nitrogens with zero attached hydrogens (tertiary/aromatic N) is 2. The minimum atomic E-state index is -0.834. The molecule has 0 aliphatic carbocycles. The second-order valence-electron chi connectivity index (χ2n) is 4.42. The second kappa shape index (κ2) is 8.16. The summed E-state index contributed by atoms with van der Waals surface area (Å²) in [5, 5.41) is 20.9. The molecule has 0 aliphatic rings. The van der Waals surface area contributed by atoms with Crippen LogP contribution in [0.15, 0.2) is 35.5 Å². The van der Waals surface area contributed by atoms with Crippen molar-refractivity contribution in [1.82, 2.24) is 4.90 Å². The number of rotatable bonds is 7. The lowest BCUT2D eigenvalue weighted by Crippen LogP contribution is -2.42. The van der Waals surface area contributed by atoms with Crippen LogP contribution in [0.5, 0.6) is 0 Å². The third kappa shape index (κ3) is 3.96. The molecule has 0 bridgehead atoms. The lowest BCUT2D eigenvalue weighted by molar-refractivity contribution is -0.131. The first-order valence-electron chi connectivity index (χ1n) is 6.57. The Hall–Kier alpha value is -2.08. The number of nitrogens with two attached hydrogens (primary N) is 1. The van der Waals surface area contributed by atoms with Gasteiger partial charge in [0, 0.05) is 13.1 Å². The monoisotopic (exact) mass is 279 g/mol. The first-order chi connectivity index (χ1) is 9.65. The zero-order chi connectivity index (χ0) is 15.0. The van der Waals surface area contributed by atoms with Crippen molar-refractivity contribution in [3.05, 3.63) is 35.9 Å². The van der Waals surface area contributed by atoms with Crippen molar-refractivity contribution in [3.8, 4) is 0 Å². The summed E-state index contributed by atoms with van der Waals surface area (Å²) in [6, 6.07) is 8.91. The van der Waals surface area contributed by atoms with E-state index in [0.29, 0.717) is 12.1 Å². The molecule has 110 valence electrons. The average Bonchev–Trinajstić information content (AvgIpc) is 2.48. The minimum Gasteiger partial charge on any atom is -0.409 e. The zero-order valence-electron chi connectivity index (χ0n) is 11.6. The van der Waals surface area contributed by atoms with Crippen LogP contribution < -0.4 is 5.73 Å². The maximum atomic E-state index is 12.6. The Labute approximate surface area is 118 Å². The normalized spacial score (nSPS) is 13.0. The maximum absolute atomic E-state index is 12.6. The molecular formula is C14H21N3O3. The topological polar surface area (TPSA) is 99.2 Å². The maximum Gasteiger partial charge on any atom is 0.237 e. The molecule has 0 saturated carbocycles. The largest absolute Gasteiger partial charge is 0.409 e. The van der Waals surface area contributed by atoms with Crippen molar-refractivity contribution in [2.45, 2.75) is 19.3 Å². The van der Waals surface area contributed by atoms with Crippen LogP contribution in [0, 0.1) is 0 Å². The third-order valence-electron chi connectivity index (χ3n) is 2.97. The number of hydrogen-bond donors (Lipinski definition) is 3. The van der Waals surface area contributed by atoms with Gasteiger partial charge in [0.25, 0.3) is 0 Å². The number of aliphatic hydroxyl groups is 1. The first kappa shape index (κ1) is 16.0. The molecule has 1 amide bonds. The van der Waals surface area contributed by atoms with Gasteiger partial charge in [-0.25, -0.2) is 0 Å². The molecule has 0 fully saturated rings. The highest BCUT2D eigenvalue weighted by Gasteiger charge is 2.29. The van der Waals surface area contributed by atoms with E-state index in [1.165, 1.54) is 4.90 Å². The van der Waals surface area contributed by atoms with Gasteiger partial charge in [0.05, 0.1) is 6.61 Å². The van der Waals surface area contributed by atoms with E-state index in [4.69, 9.17) is 16.0 Å². The summed E-state index contributed by atoms with van der Waals surface area (Å²) in [7, 11) is 0. The fourth-order valence-corrected chi connectivity index (χ4v) is 2.05. The van der Waals surface area contributed by atoms with Gasteiger partial charge in [-0.2, -0.15) is 0 Å². The molecule has 1 rings (SSSR count). The fraction of sp³-hybridized carbons (Fsp3) is 0.429. The van der Waals surface area contributed by atoms with Crippen molar-refractivity contribution in [1.29, 1.82) is 0 Å². The van der Waals surface area contributed by atoms with Crippen LogP contribution in [0.1, 0.15) is 24.8 Å². The van der Waals surface area contributed by atoms with Crippen molar-refractivity contribution >= 4 is 11.7 Å². The molecule has 1 unspecified atom stereocenters. The summed E-state index contributed by atoms with van der Waals surface area (Å²) in [5.41, 5.74) is 6.33. The third-order valence-corrected chi connectivity index (χ3v) is 2.97. The summed E-state index contributed by atoms with van der Waals surface area (Å²) in [6.07, 6.45) is 0.767. The van der Waals surface area contributed by atoms with E-state index >= 15 is 0 Å². The number of carbonyl (C=O) groups excluding carboxylic acids is 1. The SMILES string of the molecule is CCCN(CCO)C(=O)C(C(N)=NO)c1ccccc1. The van der Waals surface area contributed by atoms with Crippen LogP contribution in [-0.4, -0.2) is 46.7 Å². The Balaban J connectivity index is 3.07. The predicted molar refractivity (Wildman–Crippen MR) is 76.5 cm³/mol. The molecule has 0 heterocycles. The molecule has 6 nitrogen and oxygen atoms in total. The van der Waals surface area contributed by atoms with Crippen molar-refractivity contribution in [2.75, 3.05) is 19.7 Å². The Morgan fingerprint density at radius 1 is 1.35 bits per heavy atom. The molecule has 0 aliphatic heterocycles. The Bertz CT molecular complexity index is 442. The van der Waals surface area contributed by atoms with Crippen LogP contribution in [0.3, 0.4) is 0 Å². The van der Waals surface area contributed by atoms with E-state index in [0.717, 1.165) is 6.42 Å². The second-order valence-corrected chi connectivity index (χ2v) is 4.42. The highest BCUT2D eigenvalue weighted by atomic mass is 16.4. The van der Waals surface area contributed by atoms with E-state index in [2.05, 4.69) is 5.16 Å². The summed E-state index contributed by atoms with van der Waals surface area (Å²) >= 11 is 0. The predicted octanol–water partition coefficient (Wildman–Crippen LogP) is 0.748. The van der Waals surface area contributed by atoms with Crippen LogP contribution in [-0.2, 0) is 4.79 Å². The van der Waals surface area contributed by atoms with Gasteiger partial charge in [-0.05, 0) is 12.0 Å². The lowest BCUT2D eigenvalue weighted by Gasteiger charge is -2.26. The molecule has 0 saturated heterocycles. The van der Waals surface area contributed by atoms with E-state index in [1.807, 2.05) is 13.0 Å². The number of hydrogen-bond acceptors (Lipinski definition) is 4. The molecule has 4 N–H and O–H groups in total. The minimum absolute atomic E-state index is 0.122. The van der Waals surface area contributed by atoms with Gasteiger partial charge in [0.1, 0.15) is 5.92 Å². The molecule has 0 spiro atoms. The molecule has 1 atom stereocenters. The van der Waals surface area contributed by atoms with Gasteiger partial charge in [0.15, 0.2) is 5.84 Å². The fourth-order valence-electron chi connectivity index (χ4n) is 2.05. The highest BCUT2D eigenvalue weighted by molar-refractivity contribution is 6.07. The number of carbonyl (C=O) groups is 1. The van der Waals surface area contributed by atoms with Gasteiger partial charge in [-0.15, -0.1) is 0 Å². The smallest absolute Gasteiger partial charge is 0.237 e. The number of benzene rings is 1. The van der Waals surface area contributed by atoms with Crippen LogP contribution in [0.25, 0.3) is 0 Å². The summed E-state index contributed by atoms with van der Waals surface area (Å²) in [4.78, 5) is 14.1. The number of amidine groups is 1. The Morgan fingerprint density at radius 2 is 2.00 bits per heavy atom. The van der Waals surface area contributed by atoms with Crippen LogP contribution in [0.4, 0.5) is 0 Å². The molecule has 6 heteroatoms. The zero-order valence-corrected chi connectivity index (χ0v) is 11.6. The number of oxime groups is 1. The van der Waals surface area contributed by atoms with Gasteiger partial charge in [-0.1, -0.05) is 42.4 Å². The average molecular weight is 279 g/mol. The van der Waals surface area contributed by atoms with E-state index in [-0.39, 0.29) is 24.9 Å². The molecule has 1 aromatic carbocycles. The van der Waals surface area contributed by atoms with Gasteiger partial charge in [-0.3, -0.25) is 4.79 Å². The summed E-state index contributed by atoms with van der Waals surface area (Å²) < 4.78 is 0. The lowest BCUT2D eigenvalue weighted by atomic mass is 9.96. The summed E-state index contributed by atoms with van der Waals surface area (Å²) in [6.45, 7) is 2.57. The Kier molecular flexibility index (Phi) is 6.52. The van der Waals surface area contributed by atoms with E-state index in [1.54, 1.807) is 24.3 Å². The number of aliphatic hydroxyl groups excluding tert-OH is 1. The van der Waals surface area contributed by atoms with Crippen LogP contribution >= 0.6 is 0 Å². The van der Waals surface area contributed by atoms with E-state index < -0.39 is 5.92 Å². The molecular weight excluding hydrogens is 258 g/mol.